The third-order valence-electron chi connectivity index (χ3n) is 4.47. The highest BCUT2D eigenvalue weighted by Crippen LogP contribution is 2.16. The standard InChI is InChI=1S/C22H24FN3OS/c23-19-8-6-18(7-9-19)14-21-25-20(16-28-21)15-22(27)26(13-11-24)12-10-17-4-2-1-3-5-17/h1-9,16H,10-15,24H2. The fourth-order valence-electron chi connectivity index (χ4n) is 2.98. The maximum absolute atomic E-state index is 13.0. The maximum atomic E-state index is 13.0. The van der Waals surface area contributed by atoms with E-state index in [0.29, 0.717) is 26.1 Å². The molecule has 2 aromatic carbocycles. The van der Waals surface area contributed by atoms with E-state index in [4.69, 9.17) is 5.73 Å². The second kappa shape index (κ2) is 10.1. The van der Waals surface area contributed by atoms with E-state index in [1.807, 2.05) is 28.5 Å². The lowest BCUT2D eigenvalue weighted by molar-refractivity contribution is -0.130. The molecule has 0 saturated carbocycles. The molecule has 0 saturated heterocycles. The number of nitrogens with zero attached hydrogens (tertiary/aromatic N) is 2. The summed E-state index contributed by atoms with van der Waals surface area (Å²) in [5, 5.41) is 2.85. The number of thiazole rings is 1. The molecule has 3 rings (SSSR count). The zero-order valence-electron chi connectivity index (χ0n) is 15.7. The minimum Gasteiger partial charge on any atom is -0.341 e. The van der Waals surface area contributed by atoms with Crippen LogP contribution in [-0.4, -0.2) is 35.4 Å². The quantitative estimate of drug-likeness (QED) is 0.602. The van der Waals surface area contributed by atoms with Crippen LogP contribution >= 0.6 is 11.3 Å². The van der Waals surface area contributed by atoms with Gasteiger partial charge in [-0.3, -0.25) is 4.79 Å². The highest BCUT2D eigenvalue weighted by atomic mass is 32.1. The predicted octanol–water partition coefficient (Wildman–Crippen LogP) is 3.45. The SMILES string of the molecule is NCCN(CCc1ccccc1)C(=O)Cc1csc(Cc2ccc(F)cc2)n1. The van der Waals surface area contributed by atoms with E-state index in [9.17, 15) is 9.18 Å². The Bertz CT molecular complexity index is 880. The number of hydrogen-bond donors (Lipinski definition) is 1. The molecule has 0 radical (unpaired) electrons. The van der Waals surface area contributed by atoms with Crippen molar-refractivity contribution in [3.05, 3.63) is 87.6 Å². The second-order valence-corrected chi connectivity index (χ2v) is 7.56. The Hall–Kier alpha value is -2.57. The lowest BCUT2D eigenvalue weighted by Gasteiger charge is -2.21. The Morgan fingerprint density at radius 3 is 2.50 bits per heavy atom. The molecule has 28 heavy (non-hydrogen) atoms. The number of hydrogen-bond acceptors (Lipinski definition) is 4. The summed E-state index contributed by atoms with van der Waals surface area (Å²) in [6, 6.07) is 16.5. The van der Waals surface area contributed by atoms with Gasteiger partial charge in [0, 0.05) is 31.4 Å². The molecular formula is C22H24FN3OS. The number of benzene rings is 2. The smallest absolute Gasteiger partial charge is 0.228 e. The van der Waals surface area contributed by atoms with Crippen molar-refractivity contribution in [1.29, 1.82) is 0 Å². The first-order chi connectivity index (χ1) is 13.6. The molecule has 2 N–H and O–H groups in total. The Morgan fingerprint density at radius 2 is 1.79 bits per heavy atom. The van der Waals surface area contributed by atoms with E-state index >= 15 is 0 Å². The van der Waals surface area contributed by atoms with Gasteiger partial charge in [-0.05, 0) is 29.7 Å². The van der Waals surface area contributed by atoms with Crippen LogP contribution in [0.2, 0.25) is 0 Å². The number of carbonyl (C=O) groups is 1. The summed E-state index contributed by atoms with van der Waals surface area (Å²) in [6.45, 7) is 1.62. The number of halogens is 1. The summed E-state index contributed by atoms with van der Waals surface area (Å²) in [4.78, 5) is 19.1. The molecule has 1 aromatic heterocycles. The topological polar surface area (TPSA) is 59.2 Å². The zero-order valence-corrected chi connectivity index (χ0v) is 16.5. The highest BCUT2D eigenvalue weighted by molar-refractivity contribution is 7.09. The molecule has 0 aliphatic heterocycles. The van der Waals surface area contributed by atoms with E-state index in [1.54, 1.807) is 12.1 Å². The molecule has 3 aromatic rings. The lowest BCUT2D eigenvalue weighted by atomic mass is 10.1. The summed E-state index contributed by atoms with van der Waals surface area (Å²) < 4.78 is 13.0. The maximum Gasteiger partial charge on any atom is 0.228 e. The minimum absolute atomic E-state index is 0.0417. The number of aromatic nitrogens is 1. The van der Waals surface area contributed by atoms with Crippen molar-refractivity contribution in [3.8, 4) is 0 Å². The monoisotopic (exact) mass is 397 g/mol. The summed E-state index contributed by atoms with van der Waals surface area (Å²) in [5.41, 5.74) is 8.67. The molecule has 0 aliphatic rings. The van der Waals surface area contributed by atoms with E-state index < -0.39 is 0 Å². The van der Waals surface area contributed by atoms with Crippen LogP contribution in [0.3, 0.4) is 0 Å². The van der Waals surface area contributed by atoms with Crippen LogP contribution in [0.25, 0.3) is 0 Å². The van der Waals surface area contributed by atoms with E-state index in [0.717, 1.165) is 22.7 Å². The Labute approximate surface area is 168 Å². The van der Waals surface area contributed by atoms with Gasteiger partial charge in [0.1, 0.15) is 5.82 Å². The Kier molecular flexibility index (Phi) is 7.28. The van der Waals surface area contributed by atoms with Crippen molar-refractivity contribution >= 4 is 17.2 Å². The van der Waals surface area contributed by atoms with Gasteiger partial charge in [-0.2, -0.15) is 0 Å². The number of nitrogens with two attached hydrogens (primary N) is 1. The van der Waals surface area contributed by atoms with Crippen molar-refractivity contribution in [3.63, 3.8) is 0 Å². The first-order valence-corrected chi connectivity index (χ1v) is 10.2. The average Bonchev–Trinajstić information content (AvgIpc) is 3.14. The minimum atomic E-state index is -0.246. The highest BCUT2D eigenvalue weighted by Gasteiger charge is 2.15. The molecular weight excluding hydrogens is 373 g/mol. The molecule has 0 fully saturated rings. The first-order valence-electron chi connectivity index (χ1n) is 9.33. The van der Waals surface area contributed by atoms with Gasteiger partial charge < -0.3 is 10.6 Å². The van der Waals surface area contributed by atoms with Crippen LogP contribution in [0.1, 0.15) is 21.8 Å². The molecule has 1 amide bonds. The third-order valence-corrected chi connectivity index (χ3v) is 5.36. The van der Waals surface area contributed by atoms with Crippen molar-refractivity contribution in [2.45, 2.75) is 19.3 Å². The number of amides is 1. The molecule has 6 heteroatoms. The molecule has 0 bridgehead atoms. The second-order valence-electron chi connectivity index (χ2n) is 6.62. The van der Waals surface area contributed by atoms with Gasteiger partial charge in [0.05, 0.1) is 17.1 Å². The van der Waals surface area contributed by atoms with Crippen molar-refractivity contribution < 1.29 is 9.18 Å². The summed E-state index contributed by atoms with van der Waals surface area (Å²) in [5.74, 6) is -0.204. The van der Waals surface area contributed by atoms with Crippen LogP contribution in [0.4, 0.5) is 4.39 Å². The summed E-state index contributed by atoms with van der Waals surface area (Å²) in [6.07, 6.45) is 1.72. The molecule has 4 nitrogen and oxygen atoms in total. The van der Waals surface area contributed by atoms with Crippen LogP contribution in [0.15, 0.2) is 60.0 Å². The number of carbonyl (C=O) groups excluding carboxylic acids is 1. The van der Waals surface area contributed by atoms with E-state index in [-0.39, 0.29) is 18.1 Å². The van der Waals surface area contributed by atoms with Crippen molar-refractivity contribution in [1.82, 2.24) is 9.88 Å². The average molecular weight is 398 g/mol. The lowest BCUT2D eigenvalue weighted by Crippen LogP contribution is -2.37. The largest absolute Gasteiger partial charge is 0.341 e. The van der Waals surface area contributed by atoms with Gasteiger partial charge in [-0.1, -0.05) is 42.5 Å². The van der Waals surface area contributed by atoms with Crippen molar-refractivity contribution in [2.75, 3.05) is 19.6 Å². The van der Waals surface area contributed by atoms with E-state index in [2.05, 4.69) is 17.1 Å². The first kappa shape index (κ1) is 20.2. The normalized spacial score (nSPS) is 10.8. The van der Waals surface area contributed by atoms with Crippen LogP contribution in [-0.2, 0) is 24.1 Å². The summed E-state index contributed by atoms with van der Waals surface area (Å²) >= 11 is 1.53. The Morgan fingerprint density at radius 1 is 1.04 bits per heavy atom. The fourth-order valence-corrected chi connectivity index (χ4v) is 3.81. The Balaban J connectivity index is 1.57. The van der Waals surface area contributed by atoms with E-state index in [1.165, 1.54) is 29.0 Å². The molecule has 0 spiro atoms. The van der Waals surface area contributed by atoms with Gasteiger partial charge in [0.15, 0.2) is 0 Å². The summed E-state index contributed by atoms with van der Waals surface area (Å²) in [7, 11) is 0. The molecule has 1 heterocycles. The van der Waals surface area contributed by atoms with Gasteiger partial charge in [-0.15, -0.1) is 11.3 Å². The van der Waals surface area contributed by atoms with Gasteiger partial charge in [-0.25, -0.2) is 9.37 Å². The van der Waals surface area contributed by atoms with Gasteiger partial charge in [0.2, 0.25) is 5.91 Å². The third kappa shape index (κ3) is 5.97. The fraction of sp³-hybridized carbons (Fsp3) is 0.273. The number of rotatable bonds is 9. The van der Waals surface area contributed by atoms with Gasteiger partial charge in [0.25, 0.3) is 0 Å². The van der Waals surface area contributed by atoms with Crippen molar-refractivity contribution in [2.24, 2.45) is 5.73 Å². The van der Waals surface area contributed by atoms with Crippen LogP contribution in [0, 0.1) is 5.82 Å². The molecule has 0 unspecified atom stereocenters. The molecule has 0 atom stereocenters. The van der Waals surface area contributed by atoms with Crippen LogP contribution < -0.4 is 5.73 Å². The zero-order chi connectivity index (χ0) is 19.8. The van der Waals surface area contributed by atoms with Gasteiger partial charge >= 0.3 is 0 Å². The predicted molar refractivity (Wildman–Crippen MR) is 111 cm³/mol. The molecule has 0 aliphatic carbocycles. The molecule has 146 valence electrons. The van der Waals surface area contributed by atoms with Crippen LogP contribution in [0.5, 0.6) is 0 Å².